The van der Waals surface area contributed by atoms with E-state index in [1.807, 2.05) is 0 Å². The first kappa shape index (κ1) is 16.1. The van der Waals surface area contributed by atoms with Gasteiger partial charge in [-0.1, -0.05) is 19.8 Å². The molecular weight excluding hydrogens is 286 g/mol. The van der Waals surface area contributed by atoms with Crippen molar-refractivity contribution in [3.8, 4) is 0 Å². The van der Waals surface area contributed by atoms with E-state index in [1.165, 1.54) is 31.7 Å². The van der Waals surface area contributed by atoms with Crippen LogP contribution in [0, 0.1) is 18.8 Å². The van der Waals surface area contributed by atoms with E-state index in [1.54, 1.807) is 13.0 Å². The summed E-state index contributed by atoms with van der Waals surface area (Å²) in [5.74, 6) is 1.40. The normalized spacial score (nSPS) is 23.0. The Kier molecular flexibility index (Phi) is 4.78. The average molecular weight is 311 g/mol. The minimum absolute atomic E-state index is 0.0991. The molecule has 118 valence electrons. The highest BCUT2D eigenvalue weighted by Gasteiger charge is 2.20. The molecule has 2 rings (SSSR count). The summed E-state index contributed by atoms with van der Waals surface area (Å²) in [4.78, 5) is 0.0991. The lowest BCUT2D eigenvalue weighted by molar-refractivity contribution is 0.293. The van der Waals surface area contributed by atoms with Gasteiger partial charge >= 0.3 is 0 Å². The number of nitrogen functional groups attached to an aromatic ring is 1. The molecule has 0 radical (unpaired) electrons. The fourth-order valence-corrected chi connectivity index (χ4v) is 4.02. The van der Waals surface area contributed by atoms with E-state index in [9.17, 15) is 8.42 Å². The third kappa shape index (κ3) is 4.11. The molecule has 0 heterocycles. The van der Waals surface area contributed by atoms with Crippen LogP contribution in [0.25, 0.3) is 0 Å². The largest absolute Gasteiger partial charge is 0.399 e. The summed E-state index contributed by atoms with van der Waals surface area (Å²) in [6, 6.07) is 3.19. The lowest BCUT2D eigenvalue weighted by Gasteiger charge is -2.27. The molecule has 1 saturated carbocycles. The van der Waals surface area contributed by atoms with Crippen LogP contribution in [0.1, 0.15) is 38.2 Å². The molecule has 0 saturated heterocycles. The molecule has 1 aliphatic rings. The number of hydrogen-bond acceptors (Lipinski definition) is 4. The van der Waals surface area contributed by atoms with Crippen molar-refractivity contribution in [2.24, 2.45) is 17.0 Å². The lowest BCUT2D eigenvalue weighted by Crippen LogP contribution is -2.22. The maximum absolute atomic E-state index is 11.6. The molecule has 1 aliphatic carbocycles. The van der Waals surface area contributed by atoms with Gasteiger partial charge in [0.15, 0.2) is 0 Å². The van der Waals surface area contributed by atoms with Crippen LogP contribution in [0.2, 0.25) is 0 Å². The second kappa shape index (κ2) is 6.23. The van der Waals surface area contributed by atoms with Gasteiger partial charge in [-0.3, -0.25) is 0 Å². The van der Waals surface area contributed by atoms with Crippen LogP contribution in [0.3, 0.4) is 0 Å². The van der Waals surface area contributed by atoms with Gasteiger partial charge in [0.1, 0.15) is 0 Å². The topological polar surface area (TPSA) is 98.2 Å². The number of anilines is 2. The Morgan fingerprint density at radius 2 is 2.05 bits per heavy atom. The molecule has 6 heteroatoms. The Balaban J connectivity index is 2.15. The minimum Gasteiger partial charge on any atom is -0.399 e. The zero-order valence-corrected chi connectivity index (χ0v) is 13.5. The summed E-state index contributed by atoms with van der Waals surface area (Å²) in [7, 11) is -3.75. The fraction of sp³-hybridized carbons (Fsp3) is 0.600. The number of hydrogen-bond donors (Lipinski definition) is 3. The van der Waals surface area contributed by atoms with Crippen LogP contribution in [-0.4, -0.2) is 15.0 Å². The highest BCUT2D eigenvalue weighted by molar-refractivity contribution is 7.89. The predicted molar refractivity (Wildman–Crippen MR) is 86.6 cm³/mol. The number of nitrogens with two attached hydrogens (primary N) is 2. The van der Waals surface area contributed by atoms with E-state index < -0.39 is 10.0 Å². The Hall–Kier alpha value is -1.27. The Labute approximate surface area is 127 Å². The molecule has 1 fully saturated rings. The van der Waals surface area contributed by atoms with Crippen LogP contribution in [0.5, 0.6) is 0 Å². The molecular formula is C15H25N3O2S. The highest BCUT2D eigenvalue weighted by atomic mass is 32.2. The second-order valence-electron chi connectivity index (χ2n) is 6.26. The Bertz CT molecular complexity index is 614. The van der Waals surface area contributed by atoms with E-state index >= 15 is 0 Å². The quantitative estimate of drug-likeness (QED) is 0.744. The van der Waals surface area contributed by atoms with Crippen molar-refractivity contribution in [2.45, 2.75) is 44.4 Å². The summed E-state index contributed by atoms with van der Waals surface area (Å²) >= 11 is 0. The molecule has 5 N–H and O–H groups in total. The van der Waals surface area contributed by atoms with Crippen molar-refractivity contribution in [3.63, 3.8) is 0 Å². The number of sulfonamides is 1. The third-order valence-corrected chi connectivity index (χ3v) is 5.35. The smallest absolute Gasteiger partial charge is 0.238 e. The van der Waals surface area contributed by atoms with Crippen molar-refractivity contribution in [2.75, 3.05) is 17.6 Å². The van der Waals surface area contributed by atoms with Gasteiger partial charge < -0.3 is 11.1 Å². The average Bonchev–Trinajstić information content (AvgIpc) is 2.38. The van der Waals surface area contributed by atoms with E-state index in [0.29, 0.717) is 17.2 Å². The summed E-state index contributed by atoms with van der Waals surface area (Å²) in [5, 5.41) is 8.60. The van der Waals surface area contributed by atoms with Crippen molar-refractivity contribution < 1.29 is 8.42 Å². The first-order valence-electron chi connectivity index (χ1n) is 7.44. The number of benzene rings is 1. The molecule has 0 aliphatic heterocycles. The van der Waals surface area contributed by atoms with Gasteiger partial charge in [0.25, 0.3) is 0 Å². The van der Waals surface area contributed by atoms with E-state index in [-0.39, 0.29) is 4.90 Å². The van der Waals surface area contributed by atoms with Crippen LogP contribution >= 0.6 is 0 Å². The summed E-state index contributed by atoms with van der Waals surface area (Å²) in [6.07, 6.45) is 5.02. The number of primary sulfonamides is 1. The molecule has 0 amide bonds. The molecule has 0 spiro atoms. The van der Waals surface area contributed by atoms with E-state index in [0.717, 1.165) is 18.2 Å². The predicted octanol–water partition coefficient (Wildman–Crippen LogP) is 2.46. The molecule has 2 atom stereocenters. The molecule has 2 unspecified atom stereocenters. The van der Waals surface area contributed by atoms with E-state index in [2.05, 4.69) is 12.2 Å². The molecule has 21 heavy (non-hydrogen) atoms. The van der Waals surface area contributed by atoms with Gasteiger partial charge in [0.05, 0.1) is 4.90 Å². The zero-order chi connectivity index (χ0) is 15.6. The lowest BCUT2D eigenvalue weighted by atomic mass is 9.82. The molecule has 0 bridgehead atoms. The van der Waals surface area contributed by atoms with Crippen molar-refractivity contribution in [1.82, 2.24) is 0 Å². The van der Waals surface area contributed by atoms with Crippen molar-refractivity contribution in [3.05, 3.63) is 17.7 Å². The van der Waals surface area contributed by atoms with Crippen LogP contribution < -0.4 is 16.2 Å². The maximum atomic E-state index is 11.6. The minimum atomic E-state index is -3.75. The van der Waals surface area contributed by atoms with Gasteiger partial charge in [-0.2, -0.15) is 0 Å². The van der Waals surface area contributed by atoms with Gasteiger partial charge in [-0.05, 0) is 49.3 Å². The molecule has 1 aromatic rings. The fourth-order valence-electron chi connectivity index (χ4n) is 3.19. The third-order valence-electron chi connectivity index (χ3n) is 4.32. The van der Waals surface area contributed by atoms with E-state index in [4.69, 9.17) is 10.9 Å². The highest BCUT2D eigenvalue weighted by Crippen LogP contribution is 2.30. The maximum Gasteiger partial charge on any atom is 0.238 e. The zero-order valence-electron chi connectivity index (χ0n) is 12.7. The van der Waals surface area contributed by atoms with Gasteiger partial charge in [0, 0.05) is 17.9 Å². The molecule has 1 aromatic carbocycles. The number of nitrogens with one attached hydrogen (secondary N) is 1. The van der Waals surface area contributed by atoms with Gasteiger partial charge in [-0.25, -0.2) is 13.6 Å². The molecule has 0 aromatic heterocycles. The standard InChI is InChI=1S/C15H25N3O2S/c1-10-4-3-5-12(6-10)9-18-14-7-13(16)8-15(11(14)2)21(17,19)20/h7-8,10,12,18H,3-6,9,16H2,1-2H3,(H2,17,19,20). The molecule has 5 nitrogen and oxygen atoms in total. The summed E-state index contributed by atoms with van der Waals surface area (Å²) in [6.45, 7) is 4.89. The number of rotatable bonds is 4. The van der Waals surface area contributed by atoms with Gasteiger partial charge in [0.2, 0.25) is 10.0 Å². The van der Waals surface area contributed by atoms with Crippen LogP contribution in [0.15, 0.2) is 17.0 Å². The summed E-state index contributed by atoms with van der Waals surface area (Å²) in [5.41, 5.74) is 7.60. The Morgan fingerprint density at radius 1 is 1.33 bits per heavy atom. The first-order chi connectivity index (χ1) is 9.77. The Morgan fingerprint density at radius 3 is 2.67 bits per heavy atom. The first-order valence-corrected chi connectivity index (χ1v) is 8.99. The van der Waals surface area contributed by atoms with Crippen molar-refractivity contribution >= 4 is 21.4 Å². The SMILES string of the molecule is Cc1c(NCC2CCCC(C)C2)cc(N)cc1S(N)(=O)=O. The van der Waals surface area contributed by atoms with Crippen molar-refractivity contribution in [1.29, 1.82) is 0 Å². The van der Waals surface area contributed by atoms with Gasteiger partial charge in [-0.15, -0.1) is 0 Å². The van der Waals surface area contributed by atoms with Crippen LogP contribution in [0.4, 0.5) is 11.4 Å². The van der Waals surface area contributed by atoms with Crippen LogP contribution in [-0.2, 0) is 10.0 Å². The monoisotopic (exact) mass is 311 g/mol. The summed E-state index contributed by atoms with van der Waals surface area (Å²) < 4.78 is 23.2. The second-order valence-corrected chi connectivity index (χ2v) is 7.79.